The summed E-state index contributed by atoms with van der Waals surface area (Å²) in [7, 11) is 0. The van der Waals surface area contributed by atoms with Gasteiger partial charge in [-0.2, -0.15) is 10.5 Å². The summed E-state index contributed by atoms with van der Waals surface area (Å²) >= 11 is 0. The van der Waals surface area contributed by atoms with E-state index in [0.29, 0.717) is 11.6 Å². The Balaban J connectivity index is 2.84. The lowest BCUT2D eigenvalue weighted by Gasteiger charge is -2.20. The van der Waals surface area contributed by atoms with Crippen molar-refractivity contribution in [1.29, 1.82) is 10.5 Å². The number of nitrogens with one attached hydrogen (secondary N) is 1. The van der Waals surface area contributed by atoms with Gasteiger partial charge in [0.2, 0.25) is 0 Å². The van der Waals surface area contributed by atoms with Crippen LogP contribution in [0.1, 0.15) is 39.5 Å². The SMILES string of the molecule is CCCCC(CC)C1N=C(N)C(=C(C#N)C#N)N1. The molecular formula is C13H19N5. The summed E-state index contributed by atoms with van der Waals surface area (Å²) in [4.78, 5) is 4.33. The highest BCUT2D eigenvalue weighted by Gasteiger charge is 2.28. The van der Waals surface area contributed by atoms with Gasteiger partial charge in [-0.05, 0) is 18.8 Å². The van der Waals surface area contributed by atoms with Crippen molar-refractivity contribution in [3.05, 3.63) is 11.3 Å². The van der Waals surface area contributed by atoms with E-state index >= 15 is 0 Å². The molecule has 0 saturated carbocycles. The Bertz CT molecular complexity index is 419. The minimum absolute atomic E-state index is 0.00379. The minimum Gasteiger partial charge on any atom is -0.382 e. The Hall–Kier alpha value is -2.01. The lowest BCUT2D eigenvalue weighted by molar-refractivity contribution is 0.355. The first-order valence-electron chi connectivity index (χ1n) is 6.32. The van der Waals surface area contributed by atoms with Gasteiger partial charge in [0.15, 0.2) is 5.57 Å². The molecule has 0 fully saturated rings. The van der Waals surface area contributed by atoms with E-state index < -0.39 is 0 Å². The van der Waals surface area contributed by atoms with Crippen LogP contribution in [0, 0.1) is 28.6 Å². The number of unbranched alkanes of at least 4 members (excludes halogenated alkanes) is 1. The number of nitrogens with two attached hydrogens (primary N) is 1. The molecule has 0 amide bonds. The number of rotatable bonds is 5. The van der Waals surface area contributed by atoms with Crippen molar-refractivity contribution in [3.8, 4) is 12.1 Å². The Morgan fingerprint density at radius 1 is 1.44 bits per heavy atom. The summed E-state index contributed by atoms with van der Waals surface area (Å²) in [5.41, 5.74) is 6.16. The second-order valence-corrected chi connectivity index (χ2v) is 4.39. The van der Waals surface area contributed by atoms with Crippen molar-refractivity contribution < 1.29 is 0 Å². The molecule has 0 aliphatic carbocycles. The second-order valence-electron chi connectivity index (χ2n) is 4.39. The fraction of sp³-hybridized carbons (Fsp3) is 0.615. The molecule has 1 aliphatic heterocycles. The van der Waals surface area contributed by atoms with Crippen molar-refractivity contribution >= 4 is 5.84 Å². The summed E-state index contributed by atoms with van der Waals surface area (Å²) in [5, 5.41) is 20.8. The number of nitriles is 2. The Labute approximate surface area is 108 Å². The number of nitrogens with zero attached hydrogens (tertiary/aromatic N) is 3. The molecule has 1 heterocycles. The van der Waals surface area contributed by atoms with Crippen LogP contribution in [0.2, 0.25) is 0 Å². The molecule has 2 atom stereocenters. The molecule has 5 nitrogen and oxygen atoms in total. The van der Waals surface area contributed by atoms with Crippen molar-refractivity contribution in [2.75, 3.05) is 0 Å². The van der Waals surface area contributed by atoms with E-state index in [0.717, 1.165) is 25.7 Å². The van der Waals surface area contributed by atoms with E-state index in [-0.39, 0.29) is 17.6 Å². The number of allylic oxidation sites excluding steroid dienone is 1. The minimum atomic E-state index is -0.103. The molecule has 0 spiro atoms. The first kappa shape index (κ1) is 14.1. The predicted octanol–water partition coefficient (Wildman–Crippen LogP) is 1.79. The molecule has 3 N–H and O–H groups in total. The number of amidine groups is 1. The van der Waals surface area contributed by atoms with E-state index in [2.05, 4.69) is 24.2 Å². The quantitative estimate of drug-likeness (QED) is 0.721. The molecule has 1 rings (SSSR count). The number of hydrogen-bond donors (Lipinski definition) is 2. The van der Waals surface area contributed by atoms with E-state index in [1.807, 2.05) is 12.1 Å². The van der Waals surface area contributed by atoms with Crippen molar-refractivity contribution in [2.45, 2.75) is 45.7 Å². The summed E-state index contributed by atoms with van der Waals surface area (Å²) in [6.07, 6.45) is 4.26. The van der Waals surface area contributed by atoms with E-state index in [1.54, 1.807) is 0 Å². The molecule has 0 saturated heterocycles. The lowest BCUT2D eigenvalue weighted by atomic mass is 9.96. The van der Waals surface area contributed by atoms with Gasteiger partial charge in [0, 0.05) is 0 Å². The van der Waals surface area contributed by atoms with Crippen LogP contribution in [0.15, 0.2) is 16.3 Å². The molecule has 0 aromatic heterocycles. The molecular weight excluding hydrogens is 226 g/mol. The molecule has 0 aromatic rings. The molecule has 96 valence electrons. The second kappa shape index (κ2) is 6.66. The van der Waals surface area contributed by atoms with Gasteiger partial charge in [0.05, 0.1) is 0 Å². The zero-order chi connectivity index (χ0) is 13.5. The zero-order valence-corrected chi connectivity index (χ0v) is 10.9. The summed E-state index contributed by atoms with van der Waals surface area (Å²) in [5.74, 6) is 0.660. The van der Waals surface area contributed by atoms with Crippen molar-refractivity contribution in [3.63, 3.8) is 0 Å². The first-order valence-corrected chi connectivity index (χ1v) is 6.32. The summed E-state index contributed by atoms with van der Waals surface area (Å²) < 4.78 is 0. The van der Waals surface area contributed by atoms with Gasteiger partial charge in [0.25, 0.3) is 0 Å². The fourth-order valence-electron chi connectivity index (χ4n) is 2.08. The van der Waals surface area contributed by atoms with Crippen LogP contribution in [-0.2, 0) is 0 Å². The van der Waals surface area contributed by atoms with E-state index in [9.17, 15) is 0 Å². The Morgan fingerprint density at radius 2 is 2.11 bits per heavy atom. The number of hydrogen-bond acceptors (Lipinski definition) is 5. The zero-order valence-electron chi connectivity index (χ0n) is 10.9. The maximum absolute atomic E-state index is 8.85. The van der Waals surface area contributed by atoms with E-state index in [1.165, 1.54) is 0 Å². The van der Waals surface area contributed by atoms with Crippen molar-refractivity contribution in [2.24, 2.45) is 16.6 Å². The van der Waals surface area contributed by atoms with Crippen LogP contribution in [0.3, 0.4) is 0 Å². The molecule has 0 bridgehead atoms. The molecule has 5 heteroatoms. The predicted molar refractivity (Wildman–Crippen MR) is 70.1 cm³/mol. The van der Waals surface area contributed by atoms with Gasteiger partial charge in [-0.1, -0.05) is 26.7 Å². The highest BCUT2D eigenvalue weighted by atomic mass is 15.2. The molecule has 0 aromatic carbocycles. The topological polar surface area (TPSA) is 98.0 Å². The van der Waals surface area contributed by atoms with Gasteiger partial charge >= 0.3 is 0 Å². The Morgan fingerprint density at radius 3 is 2.61 bits per heavy atom. The Kier molecular flexibility index (Phi) is 5.20. The van der Waals surface area contributed by atoms with Crippen LogP contribution >= 0.6 is 0 Å². The maximum atomic E-state index is 8.85. The molecule has 2 unspecified atom stereocenters. The summed E-state index contributed by atoms with van der Waals surface area (Å²) in [6, 6.07) is 3.68. The van der Waals surface area contributed by atoms with Crippen LogP contribution < -0.4 is 11.1 Å². The highest BCUT2D eigenvalue weighted by Crippen LogP contribution is 2.23. The first-order chi connectivity index (χ1) is 8.67. The van der Waals surface area contributed by atoms with Crippen LogP contribution in [0.5, 0.6) is 0 Å². The average Bonchev–Trinajstić information content (AvgIpc) is 2.74. The lowest BCUT2D eigenvalue weighted by Crippen LogP contribution is -2.30. The smallest absolute Gasteiger partial charge is 0.156 e. The molecule has 1 aliphatic rings. The van der Waals surface area contributed by atoms with Gasteiger partial charge < -0.3 is 11.1 Å². The normalized spacial score (nSPS) is 19.4. The van der Waals surface area contributed by atoms with Gasteiger partial charge in [-0.15, -0.1) is 0 Å². The van der Waals surface area contributed by atoms with Crippen LogP contribution in [0.25, 0.3) is 0 Å². The molecule has 18 heavy (non-hydrogen) atoms. The average molecular weight is 245 g/mol. The van der Waals surface area contributed by atoms with Crippen molar-refractivity contribution in [1.82, 2.24) is 5.32 Å². The van der Waals surface area contributed by atoms with Crippen LogP contribution in [0.4, 0.5) is 0 Å². The van der Waals surface area contributed by atoms with Crippen LogP contribution in [-0.4, -0.2) is 12.0 Å². The van der Waals surface area contributed by atoms with Gasteiger partial charge in [0.1, 0.15) is 29.8 Å². The standard InChI is InChI=1S/C13H19N5/c1-3-5-6-9(4-2)13-17-11(12(16)18-13)10(7-14)8-15/h9,13,17H,3-6H2,1-2H3,(H2,16,18). The third kappa shape index (κ3) is 3.01. The van der Waals surface area contributed by atoms with E-state index in [4.69, 9.17) is 16.3 Å². The van der Waals surface area contributed by atoms with Gasteiger partial charge in [-0.3, -0.25) is 0 Å². The maximum Gasteiger partial charge on any atom is 0.156 e. The largest absolute Gasteiger partial charge is 0.382 e. The number of aliphatic imine (C=N–C) groups is 1. The third-order valence-corrected chi connectivity index (χ3v) is 3.20. The fourth-order valence-corrected chi connectivity index (χ4v) is 2.08. The highest BCUT2D eigenvalue weighted by molar-refractivity contribution is 6.00. The van der Waals surface area contributed by atoms with Gasteiger partial charge in [-0.25, -0.2) is 4.99 Å². The molecule has 0 radical (unpaired) electrons. The summed E-state index contributed by atoms with van der Waals surface area (Å²) in [6.45, 7) is 4.27. The monoisotopic (exact) mass is 245 g/mol. The third-order valence-electron chi connectivity index (χ3n) is 3.20.